The van der Waals surface area contributed by atoms with Crippen LogP contribution in [-0.2, 0) is 11.2 Å². The summed E-state index contributed by atoms with van der Waals surface area (Å²) in [6.45, 7) is 5.16. The monoisotopic (exact) mass is 346 g/mol. The van der Waals surface area contributed by atoms with Crippen LogP contribution < -0.4 is 16.0 Å². The number of nitrogens with one attached hydrogen (secondary N) is 3. The van der Waals surface area contributed by atoms with Gasteiger partial charge in [0.2, 0.25) is 5.91 Å². The number of hydrogen-bond acceptors (Lipinski definition) is 4. The first-order chi connectivity index (χ1) is 12.1. The number of aryl methyl sites for hydroxylation is 1. The molecule has 1 amide bonds. The maximum Gasteiger partial charge on any atom is 0.233 e. The summed E-state index contributed by atoms with van der Waals surface area (Å²) >= 11 is 0. The van der Waals surface area contributed by atoms with E-state index in [1.807, 2.05) is 19.2 Å². The minimum absolute atomic E-state index is 0.0782. The molecule has 0 saturated carbocycles. The normalized spacial score (nSPS) is 16.5. The molecule has 0 bridgehead atoms. The van der Waals surface area contributed by atoms with Gasteiger partial charge in [-0.2, -0.15) is 0 Å². The number of nitrogens with zero attached hydrogens (tertiary/aromatic N) is 3. The van der Waals surface area contributed by atoms with Gasteiger partial charge < -0.3 is 16.0 Å². The summed E-state index contributed by atoms with van der Waals surface area (Å²) in [4.78, 5) is 22.3. The Labute approximate surface area is 150 Å². The van der Waals surface area contributed by atoms with Gasteiger partial charge in [-0.25, -0.2) is 0 Å². The van der Waals surface area contributed by atoms with Gasteiger partial charge in [-0.15, -0.1) is 0 Å². The first kappa shape index (κ1) is 19.2. The van der Waals surface area contributed by atoms with Crippen LogP contribution in [0.3, 0.4) is 0 Å². The van der Waals surface area contributed by atoms with Gasteiger partial charge >= 0.3 is 0 Å². The lowest BCUT2D eigenvalue weighted by atomic mass is 10.1. The zero-order valence-corrected chi connectivity index (χ0v) is 15.5. The Morgan fingerprint density at radius 3 is 2.72 bits per heavy atom. The largest absolute Gasteiger partial charge is 0.358 e. The van der Waals surface area contributed by atoms with E-state index in [1.54, 1.807) is 14.1 Å². The lowest BCUT2D eigenvalue weighted by Crippen LogP contribution is -2.50. The molecule has 0 unspecified atom stereocenters. The number of pyridine rings is 1. The van der Waals surface area contributed by atoms with Crippen LogP contribution in [0.4, 0.5) is 0 Å². The van der Waals surface area contributed by atoms with Crippen LogP contribution in [-0.4, -0.2) is 68.1 Å². The van der Waals surface area contributed by atoms with E-state index in [-0.39, 0.29) is 5.91 Å². The highest BCUT2D eigenvalue weighted by atomic mass is 16.1. The quantitative estimate of drug-likeness (QED) is 0.510. The molecule has 25 heavy (non-hydrogen) atoms. The lowest BCUT2D eigenvalue weighted by Gasteiger charge is -2.32. The van der Waals surface area contributed by atoms with Gasteiger partial charge in [-0.3, -0.25) is 19.7 Å². The van der Waals surface area contributed by atoms with Gasteiger partial charge in [-0.05, 0) is 37.8 Å². The van der Waals surface area contributed by atoms with E-state index in [2.05, 4.69) is 36.9 Å². The predicted molar refractivity (Wildman–Crippen MR) is 101 cm³/mol. The molecule has 7 heteroatoms. The van der Waals surface area contributed by atoms with E-state index in [9.17, 15) is 4.79 Å². The summed E-state index contributed by atoms with van der Waals surface area (Å²) in [6.07, 6.45) is 4.87. The van der Waals surface area contributed by atoms with Crippen molar-refractivity contribution in [2.24, 2.45) is 4.99 Å². The molecule has 1 fully saturated rings. The minimum atomic E-state index is 0.0782. The van der Waals surface area contributed by atoms with Crippen molar-refractivity contribution in [1.82, 2.24) is 25.8 Å². The third-order valence-electron chi connectivity index (χ3n) is 4.48. The average molecular weight is 346 g/mol. The molecule has 0 aromatic carbocycles. The fourth-order valence-electron chi connectivity index (χ4n) is 2.88. The highest BCUT2D eigenvalue weighted by molar-refractivity contribution is 5.80. The van der Waals surface area contributed by atoms with Gasteiger partial charge in [0.25, 0.3) is 0 Å². The van der Waals surface area contributed by atoms with Crippen LogP contribution >= 0.6 is 0 Å². The van der Waals surface area contributed by atoms with Crippen molar-refractivity contribution in [2.75, 3.05) is 40.3 Å². The molecule has 1 saturated heterocycles. The molecule has 3 N–H and O–H groups in total. The van der Waals surface area contributed by atoms with Crippen LogP contribution in [0.1, 0.15) is 24.1 Å². The molecule has 1 aromatic rings. The molecule has 0 aliphatic carbocycles. The van der Waals surface area contributed by atoms with E-state index in [1.165, 1.54) is 5.56 Å². The molecule has 1 aromatic heterocycles. The second-order valence-electron chi connectivity index (χ2n) is 6.42. The number of amides is 1. The molecular weight excluding hydrogens is 316 g/mol. The first-order valence-corrected chi connectivity index (χ1v) is 8.92. The second kappa shape index (κ2) is 9.98. The van der Waals surface area contributed by atoms with Crippen LogP contribution in [0.25, 0.3) is 0 Å². The van der Waals surface area contributed by atoms with Crippen LogP contribution in [0.5, 0.6) is 0 Å². The SMILES string of the molecule is CN=C(NCCc1ccc(C)nc1)NC1CCN(CC(=O)NC)CC1. The lowest BCUT2D eigenvalue weighted by molar-refractivity contribution is -0.122. The molecule has 1 aliphatic rings. The third kappa shape index (κ3) is 6.70. The number of piperidine rings is 1. The standard InChI is InChI=1S/C18H30N6O/c1-14-4-5-15(12-22-14)6-9-21-18(20-3)23-16-7-10-24(11-8-16)13-17(25)19-2/h4-5,12,16H,6-11,13H2,1-3H3,(H,19,25)(H2,20,21,23). The summed E-state index contributed by atoms with van der Waals surface area (Å²) in [6, 6.07) is 4.55. The van der Waals surface area contributed by atoms with E-state index < -0.39 is 0 Å². The fraction of sp³-hybridized carbons (Fsp3) is 0.611. The number of aliphatic imine (C=N–C) groups is 1. The molecule has 0 atom stereocenters. The molecular formula is C18H30N6O. The summed E-state index contributed by atoms with van der Waals surface area (Å²) in [5.74, 6) is 0.916. The minimum Gasteiger partial charge on any atom is -0.358 e. The Balaban J connectivity index is 1.68. The summed E-state index contributed by atoms with van der Waals surface area (Å²) in [7, 11) is 3.47. The van der Waals surface area contributed by atoms with Gasteiger partial charge in [0.15, 0.2) is 5.96 Å². The number of carbonyl (C=O) groups excluding carboxylic acids is 1. The number of rotatable bonds is 6. The predicted octanol–water partition coefficient (Wildman–Crippen LogP) is 0.308. The van der Waals surface area contributed by atoms with Gasteiger partial charge in [0.05, 0.1) is 6.54 Å². The maximum atomic E-state index is 11.4. The maximum absolute atomic E-state index is 11.4. The third-order valence-corrected chi connectivity index (χ3v) is 4.48. The van der Waals surface area contributed by atoms with Gasteiger partial charge in [0, 0.05) is 51.7 Å². The number of likely N-dealkylation sites (N-methyl/N-ethyl adjacent to an activating group) is 1. The molecule has 138 valence electrons. The Kier molecular flexibility index (Phi) is 7.66. The van der Waals surface area contributed by atoms with Crippen molar-refractivity contribution < 1.29 is 4.79 Å². The second-order valence-corrected chi connectivity index (χ2v) is 6.42. The fourth-order valence-corrected chi connectivity index (χ4v) is 2.88. The zero-order chi connectivity index (χ0) is 18.1. The molecule has 2 rings (SSSR count). The van der Waals surface area contributed by atoms with Gasteiger partial charge in [-0.1, -0.05) is 6.07 Å². The molecule has 0 radical (unpaired) electrons. The Hall–Kier alpha value is -2.15. The summed E-state index contributed by atoms with van der Waals surface area (Å²) < 4.78 is 0. The zero-order valence-electron chi connectivity index (χ0n) is 15.5. The number of guanidine groups is 1. The Bertz CT molecular complexity index is 563. The van der Waals surface area contributed by atoms with Crippen molar-refractivity contribution in [2.45, 2.75) is 32.2 Å². The molecule has 2 heterocycles. The Morgan fingerprint density at radius 2 is 2.12 bits per heavy atom. The molecule has 7 nitrogen and oxygen atoms in total. The Morgan fingerprint density at radius 1 is 1.36 bits per heavy atom. The number of hydrogen-bond donors (Lipinski definition) is 3. The first-order valence-electron chi connectivity index (χ1n) is 8.92. The van der Waals surface area contributed by atoms with Crippen LogP contribution in [0, 0.1) is 6.92 Å². The molecule has 1 aliphatic heterocycles. The number of aromatic nitrogens is 1. The summed E-state index contributed by atoms with van der Waals surface area (Å²) in [5.41, 5.74) is 2.26. The number of carbonyl (C=O) groups is 1. The molecule has 0 spiro atoms. The highest BCUT2D eigenvalue weighted by Gasteiger charge is 2.21. The smallest absolute Gasteiger partial charge is 0.233 e. The van der Waals surface area contributed by atoms with E-state index >= 15 is 0 Å². The summed E-state index contributed by atoms with van der Waals surface area (Å²) in [5, 5.41) is 9.53. The van der Waals surface area contributed by atoms with Crippen LogP contribution in [0.15, 0.2) is 23.3 Å². The average Bonchev–Trinajstić information content (AvgIpc) is 2.63. The highest BCUT2D eigenvalue weighted by Crippen LogP contribution is 2.09. The number of likely N-dealkylation sites (tertiary alicyclic amines) is 1. The topological polar surface area (TPSA) is 81.7 Å². The van der Waals surface area contributed by atoms with Crippen molar-refractivity contribution in [3.63, 3.8) is 0 Å². The van der Waals surface area contributed by atoms with Gasteiger partial charge in [0.1, 0.15) is 0 Å². The van der Waals surface area contributed by atoms with Crippen molar-refractivity contribution in [3.8, 4) is 0 Å². The van der Waals surface area contributed by atoms with E-state index in [4.69, 9.17) is 0 Å². The van der Waals surface area contributed by atoms with Crippen molar-refractivity contribution >= 4 is 11.9 Å². The van der Waals surface area contributed by atoms with Crippen molar-refractivity contribution in [1.29, 1.82) is 0 Å². The van der Waals surface area contributed by atoms with E-state index in [0.29, 0.717) is 12.6 Å². The van der Waals surface area contributed by atoms with Crippen molar-refractivity contribution in [3.05, 3.63) is 29.6 Å². The van der Waals surface area contributed by atoms with E-state index in [0.717, 1.165) is 50.6 Å². The van der Waals surface area contributed by atoms with Crippen LogP contribution in [0.2, 0.25) is 0 Å².